The highest BCUT2D eigenvalue weighted by molar-refractivity contribution is 6.05. The van der Waals surface area contributed by atoms with E-state index in [1.165, 1.54) is 12.1 Å². The lowest BCUT2D eigenvalue weighted by atomic mass is 10.1. The van der Waals surface area contributed by atoms with Gasteiger partial charge < -0.3 is 9.47 Å². The third-order valence-corrected chi connectivity index (χ3v) is 3.42. The molecule has 2 aromatic rings. The number of halogens is 1. The summed E-state index contributed by atoms with van der Waals surface area (Å²) in [6.07, 6.45) is 5.06. The monoisotopic (exact) mass is 322 g/mol. The van der Waals surface area contributed by atoms with Crippen LogP contribution in [0.15, 0.2) is 72.8 Å². The van der Waals surface area contributed by atoms with E-state index in [0.29, 0.717) is 23.5 Å². The summed E-state index contributed by atoms with van der Waals surface area (Å²) >= 11 is 0. The van der Waals surface area contributed by atoms with Crippen molar-refractivity contribution in [2.75, 3.05) is 6.61 Å². The second kappa shape index (κ2) is 6.96. The molecule has 0 bridgehead atoms. The summed E-state index contributed by atoms with van der Waals surface area (Å²) in [4.78, 5) is 12.0. The van der Waals surface area contributed by atoms with Crippen LogP contribution in [0.1, 0.15) is 11.1 Å². The van der Waals surface area contributed by atoms with Crippen molar-refractivity contribution in [1.29, 1.82) is 0 Å². The minimum Gasteiger partial charge on any atom is -0.490 e. The number of ether oxygens (including phenoxy) is 2. The number of carbonyl (C=O) groups excluding carboxylic acids is 1. The van der Waals surface area contributed by atoms with Crippen molar-refractivity contribution in [3.05, 3.63) is 89.8 Å². The summed E-state index contributed by atoms with van der Waals surface area (Å²) in [5.74, 6) is 0.380. The van der Waals surface area contributed by atoms with Crippen LogP contribution < -0.4 is 4.74 Å². The molecule has 0 amide bonds. The molecule has 0 aliphatic carbocycles. The third-order valence-electron chi connectivity index (χ3n) is 3.42. The van der Waals surface area contributed by atoms with Gasteiger partial charge in [-0.15, -0.1) is 0 Å². The van der Waals surface area contributed by atoms with Gasteiger partial charge in [-0.2, -0.15) is 0 Å². The van der Waals surface area contributed by atoms with E-state index in [1.807, 2.05) is 24.3 Å². The fourth-order valence-corrected chi connectivity index (χ4v) is 2.24. The Morgan fingerprint density at radius 2 is 1.79 bits per heavy atom. The van der Waals surface area contributed by atoms with E-state index in [0.717, 1.165) is 11.3 Å². The summed E-state index contributed by atoms with van der Waals surface area (Å²) in [7, 11) is 0. The molecule has 3 rings (SSSR count). The maximum absolute atomic E-state index is 13.0. The number of hydrogen-bond donors (Lipinski definition) is 0. The van der Waals surface area contributed by atoms with E-state index in [4.69, 9.17) is 9.47 Å². The molecule has 0 saturated heterocycles. The Morgan fingerprint density at radius 1 is 1.08 bits per heavy atom. The SMILES string of the molecule is C=CCOc1ccc(/C=C2/C=C(c3ccc(F)cc3)OC2=O)cc1. The number of rotatable bonds is 5. The van der Waals surface area contributed by atoms with E-state index < -0.39 is 5.97 Å². The first-order valence-corrected chi connectivity index (χ1v) is 7.41. The maximum Gasteiger partial charge on any atom is 0.343 e. The fraction of sp³-hybridized carbons (Fsp3) is 0.0500. The molecule has 2 aromatic carbocycles. The summed E-state index contributed by atoms with van der Waals surface area (Å²) in [6.45, 7) is 4.03. The zero-order chi connectivity index (χ0) is 16.9. The van der Waals surface area contributed by atoms with Gasteiger partial charge in [0.2, 0.25) is 0 Å². The van der Waals surface area contributed by atoms with Crippen LogP contribution in [0.4, 0.5) is 4.39 Å². The number of carbonyl (C=O) groups is 1. The van der Waals surface area contributed by atoms with Gasteiger partial charge in [0.1, 0.15) is 23.9 Å². The highest BCUT2D eigenvalue weighted by Gasteiger charge is 2.21. The molecule has 0 aromatic heterocycles. The van der Waals surface area contributed by atoms with E-state index >= 15 is 0 Å². The number of benzene rings is 2. The van der Waals surface area contributed by atoms with Crippen LogP contribution in [0.3, 0.4) is 0 Å². The minimum atomic E-state index is -0.429. The maximum atomic E-state index is 13.0. The second-order valence-corrected chi connectivity index (χ2v) is 5.17. The first kappa shape index (κ1) is 15.7. The summed E-state index contributed by atoms with van der Waals surface area (Å²) in [6, 6.07) is 13.1. The first-order valence-electron chi connectivity index (χ1n) is 7.41. The van der Waals surface area contributed by atoms with E-state index in [-0.39, 0.29) is 5.82 Å². The molecule has 0 unspecified atom stereocenters. The van der Waals surface area contributed by atoms with E-state index in [2.05, 4.69) is 6.58 Å². The lowest BCUT2D eigenvalue weighted by Crippen LogP contribution is -1.97. The minimum absolute atomic E-state index is 0.335. The summed E-state index contributed by atoms with van der Waals surface area (Å²) < 4.78 is 23.6. The molecular weight excluding hydrogens is 307 g/mol. The number of hydrogen-bond acceptors (Lipinski definition) is 3. The van der Waals surface area contributed by atoms with Crippen LogP contribution in [0.25, 0.3) is 11.8 Å². The molecule has 0 atom stereocenters. The van der Waals surface area contributed by atoms with Crippen molar-refractivity contribution in [3.63, 3.8) is 0 Å². The Kier molecular flexibility index (Phi) is 4.57. The third kappa shape index (κ3) is 3.60. The Bertz CT molecular complexity index is 815. The van der Waals surface area contributed by atoms with Gasteiger partial charge in [-0.25, -0.2) is 9.18 Å². The molecule has 0 fully saturated rings. The van der Waals surface area contributed by atoms with Gasteiger partial charge in [0.15, 0.2) is 0 Å². The van der Waals surface area contributed by atoms with Crippen molar-refractivity contribution >= 4 is 17.8 Å². The van der Waals surface area contributed by atoms with Gasteiger partial charge in [0.05, 0.1) is 5.57 Å². The van der Waals surface area contributed by atoms with E-state index in [9.17, 15) is 9.18 Å². The molecule has 24 heavy (non-hydrogen) atoms. The summed E-state index contributed by atoms with van der Waals surface area (Å²) in [5.41, 5.74) is 1.94. The quantitative estimate of drug-likeness (QED) is 0.466. The molecule has 4 heteroatoms. The molecule has 3 nitrogen and oxygen atoms in total. The Morgan fingerprint density at radius 3 is 2.46 bits per heavy atom. The van der Waals surface area contributed by atoms with Crippen molar-refractivity contribution in [1.82, 2.24) is 0 Å². The standard InChI is InChI=1S/C20H15FO3/c1-2-11-23-18-9-3-14(4-10-18)12-16-13-19(24-20(16)22)15-5-7-17(21)8-6-15/h2-10,12-13H,1,11H2/b16-12-. The topological polar surface area (TPSA) is 35.5 Å². The molecule has 0 N–H and O–H groups in total. The average Bonchev–Trinajstić information content (AvgIpc) is 2.95. The molecule has 0 radical (unpaired) electrons. The molecule has 0 spiro atoms. The van der Waals surface area contributed by atoms with Gasteiger partial charge in [-0.05, 0) is 54.1 Å². The molecule has 0 saturated carbocycles. The largest absolute Gasteiger partial charge is 0.490 e. The zero-order valence-electron chi connectivity index (χ0n) is 12.9. The molecule has 1 aliphatic rings. The van der Waals surface area contributed by atoms with E-state index in [1.54, 1.807) is 30.4 Å². The van der Waals surface area contributed by atoms with Gasteiger partial charge >= 0.3 is 5.97 Å². The second-order valence-electron chi connectivity index (χ2n) is 5.17. The van der Waals surface area contributed by atoms with Crippen LogP contribution in [0.2, 0.25) is 0 Å². The number of cyclic esters (lactones) is 1. The normalized spacial score (nSPS) is 15.1. The van der Waals surface area contributed by atoms with Crippen LogP contribution in [0.5, 0.6) is 5.75 Å². The molecule has 1 aliphatic heterocycles. The Balaban J connectivity index is 1.80. The fourth-order valence-electron chi connectivity index (χ4n) is 2.24. The van der Waals surface area contributed by atoms with Gasteiger partial charge in [-0.3, -0.25) is 0 Å². The Hall–Kier alpha value is -3.14. The van der Waals surface area contributed by atoms with Crippen LogP contribution >= 0.6 is 0 Å². The molecule has 1 heterocycles. The average molecular weight is 322 g/mol. The van der Waals surface area contributed by atoms with Crippen molar-refractivity contribution in [2.45, 2.75) is 0 Å². The highest BCUT2D eigenvalue weighted by atomic mass is 19.1. The summed E-state index contributed by atoms with van der Waals surface area (Å²) in [5, 5.41) is 0. The first-order chi connectivity index (χ1) is 11.7. The van der Waals surface area contributed by atoms with Gasteiger partial charge in [0, 0.05) is 5.56 Å². The van der Waals surface area contributed by atoms with Crippen LogP contribution in [-0.2, 0) is 9.53 Å². The lowest BCUT2D eigenvalue weighted by Gasteiger charge is -2.03. The Labute approximate surface area is 139 Å². The predicted molar refractivity (Wildman–Crippen MR) is 90.6 cm³/mol. The molecular formula is C20H15FO3. The highest BCUT2D eigenvalue weighted by Crippen LogP contribution is 2.27. The van der Waals surface area contributed by atoms with Crippen molar-refractivity contribution in [2.24, 2.45) is 0 Å². The van der Waals surface area contributed by atoms with Crippen molar-refractivity contribution < 1.29 is 18.7 Å². The van der Waals surface area contributed by atoms with Crippen LogP contribution in [0, 0.1) is 5.82 Å². The zero-order valence-corrected chi connectivity index (χ0v) is 12.9. The van der Waals surface area contributed by atoms with Crippen molar-refractivity contribution in [3.8, 4) is 5.75 Å². The van der Waals surface area contributed by atoms with Gasteiger partial charge in [0.25, 0.3) is 0 Å². The van der Waals surface area contributed by atoms with Crippen LogP contribution in [-0.4, -0.2) is 12.6 Å². The smallest absolute Gasteiger partial charge is 0.343 e. The predicted octanol–water partition coefficient (Wildman–Crippen LogP) is 4.37. The van der Waals surface area contributed by atoms with Gasteiger partial charge in [-0.1, -0.05) is 24.8 Å². The molecule has 120 valence electrons. The number of esters is 1. The lowest BCUT2D eigenvalue weighted by molar-refractivity contribution is -0.130.